The largest absolute Gasteiger partial charge is 0.508 e. The lowest BCUT2D eigenvalue weighted by molar-refractivity contribution is 0.440. The summed E-state index contributed by atoms with van der Waals surface area (Å²) in [5.41, 5.74) is 3.86. The third kappa shape index (κ3) is 2.16. The molecule has 0 saturated heterocycles. The Morgan fingerprint density at radius 2 is 1.76 bits per heavy atom. The maximum absolute atomic E-state index is 10.1. The summed E-state index contributed by atoms with van der Waals surface area (Å²) in [6.45, 7) is 7.48. The van der Waals surface area contributed by atoms with Crippen LogP contribution in [0.4, 0.5) is 0 Å². The SMILES string of the molecule is C=C/C=C(\C(=C)O)c1cc2ccc3cc4c5ccccc5sc4c4[nH]c(c1)c2c34. The second-order valence-corrected chi connectivity index (χ2v) is 8.45. The zero-order chi connectivity index (χ0) is 19.7. The van der Waals surface area contributed by atoms with Crippen LogP contribution in [0.25, 0.3) is 58.3 Å². The molecule has 0 spiro atoms. The van der Waals surface area contributed by atoms with Gasteiger partial charge in [-0.15, -0.1) is 11.3 Å². The molecule has 6 aromatic rings. The molecule has 2 N–H and O–H groups in total. The van der Waals surface area contributed by atoms with Crippen molar-refractivity contribution >= 4 is 69.7 Å². The number of aromatic amines is 1. The van der Waals surface area contributed by atoms with Crippen molar-refractivity contribution in [3.8, 4) is 0 Å². The Balaban J connectivity index is 1.79. The lowest BCUT2D eigenvalue weighted by Crippen LogP contribution is -1.88. The van der Waals surface area contributed by atoms with Crippen LogP contribution in [-0.4, -0.2) is 10.1 Å². The number of H-pyrrole nitrogens is 1. The number of hydrogen-bond donors (Lipinski definition) is 2. The van der Waals surface area contributed by atoms with Crippen molar-refractivity contribution in [1.29, 1.82) is 0 Å². The van der Waals surface area contributed by atoms with Crippen LogP contribution in [-0.2, 0) is 0 Å². The van der Waals surface area contributed by atoms with Gasteiger partial charge in [-0.2, -0.15) is 0 Å². The number of aliphatic hydroxyl groups is 1. The second-order valence-electron chi connectivity index (χ2n) is 7.40. The van der Waals surface area contributed by atoms with E-state index in [0.29, 0.717) is 5.57 Å². The molecule has 0 fully saturated rings. The maximum Gasteiger partial charge on any atom is 0.116 e. The van der Waals surface area contributed by atoms with Gasteiger partial charge in [-0.3, -0.25) is 0 Å². The highest BCUT2D eigenvalue weighted by Gasteiger charge is 2.18. The van der Waals surface area contributed by atoms with Crippen molar-refractivity contribution in [2.24, 2.45) is 0 Å². The minimum absolute atomic E-state index is 0.0416. The smallest absolute Gasteiger partial charge is 0.116 e. The van der Waals surface area contributed by atoms with E-state index >= 15 is 0 Å². The average molecular weight is 391 g/mol. The van der Waals surface area contributed by atoms with Gasteiger partial charge in [0, 0.05) is 37.3 Å². The number of hydrogen-bond acceptors (Lipinski definition) is 2. The highest BCUT2D eigenvalue weighted by atomic mass is 32.1. The van der Waals surface area contributed by atoms with E-state index in [-0.39, 0.29) is 5.76 Å². The Hall–Kier alpha value is -3.56. The number of rotatable bonds is 3. The zero-order valence-corrected chi connectivity index (χ0v) is 16.4. The molecule has 0 unspecified atom stereocenters. The molecule has 0 aliphatic carbocycles. The molecule has 0 bridgehead atoms. The van der Waals surface area contributed by atoms with Gasteiger partial charge < -0.3 is 10.1 Å². The summed E-state index contributed by atoms with van der Waals surface area (Å²) in [6.07, 6.45) is 3.47. The van der Waals surface area contributed by atoms with Crippen molar-refractivity contribution in [1.82, 2.24) is 4.98 Å². The molecule has 29 heavy (non-hydrogen) atoms. The second kappa shape index (κ2) is 5.72. The Bertz CT molecular complexity index is 1640. The first kappa shape index (κ1) is 16.4. The topological polar surface area (TPSA) is 36.0 Å². The maximum atomic E-state index is 10.1. The molecule has 6 rings (SSSR count). The van der Waals surface area contributed by atoms with Gasteiger partial charge in [0.15, 0.2) is 0 Å². The fourth-order valence-electron chi connectivity index (χ4n) is 4.52. The highest BCUT2D eigenvalue weighted by molar-refractivity contribution is 7.26. The molecule has 138 valence electrons. The predicted molar refractivity (Wildman–Crippen MR) is 127 cm³/mol. The summed E-state index contributed by atoms with van der Waals surface area (Å²) in [6, 6.07) is 19.5. The minimum atomic E-state index is 0.0416. The monoisotopic (exact) mass is 391 g/mol. The van der Waals surface area contributed by atoms with Crippen molar-refractivity contribution in [3.63, 3.8) is 0 Å². The van der Waals surface area contributed by atoms with Crippen LogP contribution in [0.1, 0.15) is 5.56 Å². The molecule has 2 heterocycles. The first-order valence-electron chi connectivity index (χ1n) is 9.49. The number of fused-ring (bicyclic) bond motifs is 4. The number of aromatic nitrogens is 1. The molecule has 0 atom stereocenters. The molecule has 2 aromatic heterocycles. The molecule has 3 heteroatoms. The van der Waals surface area contributed by atoms with Crippen LogP contribution in [0.2, 0.25) is 0 Å². The predicted octanol–water partition coefficient (Wildman–Crippen LogP) is 7.92. The quantitative estimate of drug-likeness (QED) is 0.179. The Labute approximate surface area is 171 Å². The van der Waals surface area contributed by atoms with Gasteiger partial charge in [0.2, 0.25) is 0 Å². The zero-order valence-electron chi connectivity index (χ0n) is 15.6. The standard InChI is InChI=1S/C26H17NOS/c1-3-6-18(14(2)28)17-11-15-9-10-16-12-20-19-7-4-5-8-22(19)29-26(20)25-24(16)23(15)21(13-17)27-25/h3-13,27-28H,1-2H2/b18-6+. The van der Waals surface area contributed by atoms with Crippen molar-refractivity contribution < 1.29 is 5.11 Å². The molecular weight excluding hydrogens is 374 g/mol. The summed E-state index contributed by atoms with van der Waals surface area (Å²) in [5, 5.41) is 17.6. The van der Waals surface area contributed by atoms with Gasteiger partial charge in [0.1, 0.15) is 5.76 Å². The van der Waals surface area contributed by atoms with Gasteiger partial charge in [0.05, 0.1) is 10.2 Å². The van der Waals surface area contributed by atoms with Gasteiger partial charge in [-0.1, -0.05) is 55.6 Å². The van der Waals surface area contributed by atoms with E-state index in [9.17, 15) is 5.11 Å². The third-order valence-corrected chi connectivity index (χ3v) is 6.93. The van der Waals surface area contributed by atoms with Crippen LogP contribution in [0.5, 0.6) is 0 Å². The Morgan fingerprint density at radius 3 is 2.55 bits per heavy atom. The fourth-order valence-corrected chi connectivity index (χ4v) is 5.71. The molecule has 0 amide bonds. The van der Waals surface area contributed by atoms with Crippen LogP contribution in [0.15, 0.2) is 85.7 Å². The summed E-state index contributed by atoms with van der Waals surface area (Å²) < 4.78 is 2.59. The van der Waals surface area contributed by atoms with E-state index in [4.69, 9.17) is 0 Å². The van der Waals surface area contributed by atoms with Gasteiger partial charge in [-0.25, -0.2) is 0 Å². The normalized spacial score (nSPS) is 12.8. The van der Waals surface area contributed by atoms with Gasteiger partial charge >= 0.3 is 0 Å². The van der Waals surface area contributed by atoms with E-state index in [1.54, 1.807) is 12.2 Å². The molecule has 4 aromatic carbocycles. The average Bonchev–Trinajstić information content (AvgIpc) is 3.29. The number of nitrogens with one attached hydrogen (secondary N) is 1. The summed E-state index contributed by atoms with van der Waals surface area (Å²) in [4.78, 5) is 3.69. The van der Waals surface area contributed by atoms with E-state index in [2.05, 4.69) is 72.7 Å². The molecule has 0 aliphatic heterocycles. The first-order valence-corrected chi connectivity index (χ1v) is 10.3. The van der Waals surface area contributed by atoms with E-state index in [0.717, 1.165) is 16.5 Å². The highest BCUT2D eigenvalue weighted by Crippen LogP contribution is 2.44. The molecule has 2 nitrogen and oxygen atoms in total. The van der Waals surface area contributed by atoms with E-state index in [1.165, 1.54) is 41.8 Å². The van der Waals surface area contributed by atoms with Crippen molar-refractivity contribution in [3.05, 3.63) is 91.2 Å². The lowest BCUT2D eigenvalue weighted by atomic mass is 9.96. The summed E-state index contributed by atoms with van der Waals surface area (Å²) in [5.74, 6) is 0.0416. The van der Waals surface area contributed by atoms with E-state index < -0.39 is 0 Å². The van der Waals surface area contributed by atoms with Crippen LogP contribution in [0, 0.1) is 0 Å². The van der Waals surface area contributed by atoms with Crippen LogP contribution >= 0.6 is 11.3 Å². The number of thiophene rings is 1. The first-order chi connectivity index (χ1) is 14.2. The molecule has 0 aliphatic rings. The van der Waals surface area contributed by atoms with Crippen LogP contribution in [0.3, 0.4) is 0 Å². The van der Waals surface area contributed by atoms with Crippen LogP contribution < -0.4 is 0 Å². The molecule has 0 saturated carbocycles. The molecule has 0 radical (unpaired) electrons. The summed E-state index contributed by atoms with van der Waals surface area (Å²) in [7, 11) is 0. The number of aliphatic hydroxyl groups excluding tert-OH is 1. The van der Waals surface area contributed by atoms with E-state index in [1.807, 2.05) is 11.3 Å². The van der Waals surface area contributed by atoms with Gasteiger partial charge in [0.25, 0.3) is 0 Å². The van der Waals surface area contributed by atoms with Crippen molar-refractivity contribution in [2.45, 2.75) is 0 Å². The fraction of sp³-hybridized carbons (Fsp3) is 0. The van der Waals surface area contributed by atoms with Crippen molar-refractivity contribution in [2.75, 3.05) is 0 Å². The Kier molecular flexibility index (Phi) is 3.24. The lowest BCUT2D eigenvalue weighted by Gasteiger charge is -2.08. The van der Waals surface area contributed by atoms with Gasteiger partial charge in [-0.05, 0) is 40.6 Å². The minimum Gasteiger partial charge on any atom is -0.508 e. The molecular formula is C26H17NOS. The third-order valence-electron chi connectivity index (χ3n) is 5.73. The Morgan fingerprint density at radius 1 is 0.966 bits per heavy atom. The number of allylic oxidation sites excluding steroid dienone is 3. The summed E-state index contributed by atoms with van der Waals surface area (Å²) >= 11 is 1.83. The number of benzene rings is 4.